The van der Waals surface area contributed by atoms with Gasteiger partial charge in [0, 0.05) is 26.1 Å². The molecule has 2 fully saturated rings. The predicted molar refractivity (Wildman–Crippen MR) is 109 cm³/mol. The molecule has 1 N–H and O–H groups in total. The minimum Gasteiger partial charge on any atom is -0.369 e. The lowest BCUT2D eigenvalue weighted by atomic mass is 10.1. The Kier molecular flexibility index (Phi) is 6.16. The van der Waals surface area contributed by atoms with Crippen LogP contribution >= 0.6 is 0 Å². The zero-order valence-corrected chi connectivity index (χ0v) is 16.4. The summed E-state index contributed by atoms with van der Waals surface area (Å²) in [7, 11) is 0. The van der Waals surface area contributed by atoms with Crippen LogP contribution in [-0.4, -0.2) is 63.3 Å². The second-order valence-electron chi connectivity index (χ2n) is 7.66. The summed E-state index contributed by atoms with van der Waals surface area (Å²) in [6.07, 6.45) is 15.2. The van der Waals surface area contributed by atoms with Crippen LogP contribution in [-0.2, 0) is 4.79 Å². The number of hydrogen-bond acceptors (Lipinski definition) is 6. The number of amides is 1. The molecular formula is C20H29N7O. The van der Waals surface area contributed by atoms with Crippen molar-refractivity contribution in [2.45, 2.75) is 44.9 Å². The Morgan fingerprint density at radius 1 is 0.929 bits per heavy atom. The van der Waals surface area contributed by atoms with Crippen LogP contribution in [0.1, 0.15) is 44.9 Å². The number of nitrogens with one attached hydrogen (secondary N) is 1. The van der Waals surface area contributed by atoms with Gasteiger partial charge in [-0.1, -0.05) is 6.42 Å². The Balaban J connectivity index is 1.30. The normalized spacial score (nSPS) is 18.2. The number of rotatable bonds is 6. The highest BCUT2D eigenvalue weighted by atomic mass is 16.1. The van der Waals surface area contributed by atoms with Crippen LogP contribution in [0.15, 0.2) is 24.8 Å². The predicted octanol–water partition coefficient (Wildman–Crippen LogP) is 2.47. The summed E-state index contributed by atoms with van der Waals surface area (Å²) >= 11 is 0. The number of carbonyl (C=O) groups is 1. The maximum atomic E-state index is 12.2. The molecule has 8 nitrogen and oxygen atoms in total. The molecule has 0 aromatic carbocycles. The largest absolute Gasteiger partial charge is 0.369 e. The van der Waals surface area contributed by atoms with Gasteiger partial charge in [0.25, 0.3) is 5.95 Å². The van der Waals surface area contributed by atoms with E-state index in [0.29, 0.717) is 18.1 Å². The maximum absolute atomic E-state index is 12.2. The van der Waals surface area contributed by atoms with Crippen LogP contribution < -0.4 is 10.2 Å². The molecule has 0 radical (unpaired) electrons. The molecule has 4 rings (SSSR count). The van der Waals surface area contributed by atoms with Gasteiger partial charge in [0.15, 0.2) is 0 Å². The first-order chi connectivity index (χ1) is 13.8. The molecule has 2 aliphatic rings. The maximum Gasteiger partial charge on any atom is 0.250 e. The second-order valence-corrected chi connectivity index (χ2v) is 7.66. The molecule has 150 valence electrons. The van der Waals surface area contributed by atoms with Gasteiger partial charge >= 0.3 is 0 Å². The van der Waals surface area contributed by atoms with Crippen molar-refractivity contribution < 1.29 is 4.79 Å². The average Bonchev–Trinajstić information content (AvgIpc) is 3.22. The quantitative estimate of drug-likeness (QED) is 0.826. The van der Waals surface area contributed by atoms with Crippen molar-refractivity contribution in [1.82, 2.24) is 24.6 Å². The Morgan fingerprint density at radius 3 is 2.32 bits per heavy atom. The van der Waals surface area contributed by atoms with Gasteiger partial charge in [-0.05, 0) is 45.2 Å². The summed E-state index contributed by atoms with van der Waals surface area (Å²) in [4.78, 5) is 25.8. The molecule has 0 spiro atoms. The van der Waals surface area contributed by atoms with E-state index in [0.717, 1.165) is 38.4 Å². The standard InChI is InChI=1S/C20H29N7O/c28-19(7-12-25-8-3-1-4-9-25)24-17-13-23-27(16-17)20-21-14-18(15-22-20)26-10-5-2-6-11-26/h13-16H,1-12H2,(H,24,28). The summed E-state index contributed by atoms with van der Waals surface area (Å²) in [5.74, 6) is 0.529. The molecule has 2 aliphatic heterocycles. The number of aromatic nitrogens is 4. The van der Waals surface area contributed by atoms with Crippen LogP contribution in [0, 0.1) is 0 Å². The van der Waals surface area contributed by atoms with E-state index in [-0.39, 0.29) is 5.91 Å². The SMILES string of the molecule is O=C(CCN1CCCCC1)Nc1cnn(-c2ncc(N3CCCCC3)cn2)c1. The number of likely N-dealkylation sites (tertiary alicyclic amines) is 1. The van der Waals surface area contributed by atoms with Crippen molar-refractivity contribution in [2.24, 2.45) is 0 Å². The lowest BCUT2D eigenvalue weighted by Crippen LogP contribution is -2.32. The van der Waals surface area contributed by atoms with Crippen molar-refractivity contribution in [3.05, 3.63) is 24.8 Å². The van der Waals surface area contributed by atoms with Crippen LogP contribution in [0.2, 0.25) is 0 Å². The smallest absolute Gasteiger partial charge is 0.250 e. The number of nitrogens with zero attached hydrogens (tertiary/aromatic N) is 6. The number of carbonyl (C=O) groups excluding carboxylic acids is 1. The Labute approximate surface area is 165 Å². The second kappa shape index (κ2) is 9.14. The first kappa shape index (κ1) is 18.9. The molecule has 2 saturated heterocycles. The molecule has 28 heavy (non-hydrogen) atoms. The summed E-state index contributed by atoms with van der Waals surface area (Å²) in [6.45, 7) is 5.17. The number of anilines is 2. The molecule has 0 bridgehead atoms. The minimum atomic E-state index is 0.0199. The summed E-state index contributed by atoms with van der Waals surface area (Å²) in [6, 6.07) is 0. The molecule has 2 aromatic rings. The topological polar surface area (TPSA) is 79.2 Å². The molecule has 0 saturated carbocycles. The van der Waals surface area contributed by atoms with Crippen molar-refractivity contribution >= 4 is 17.3 Å². The Hall–Kier alpha value is -2.48. The third kappa shape index (κ3) is 4.86. The van der Waals surface area contributed by atoms with E-state index < -0.39 is 0 Å². The van der Waals surface area contributed by atoms with Gasteiger partial charge in [0.2, 0.25) is 5.91 Å². The van der Waals surface area contributed by atoms with E-state index >= 15 is 0 Å². The highest BCUT2D eigenvalue weighted by Crippen LogP contribution is 2.18. The third-order valence-corrected chi connectivity index (χ3v) is 5.52. The molecule has 4 heterocycles. The number of piperidine rings is 2. The first-order valence-electron chi connectivity index (χ1n) is 10.4. The van der Waals surface area contributed by atoms with Gasteiger partial charge < -0.3 is 15.1 Å². The van der Waals surface area contributed by atoms with Gasteiger partial charge in [0.05, 0.1) is 36.2 Å². The van der Waals surface area contributed by atoms with Gasteiger partial charge in [-0.3, -0.25) is 4.79 Å². The molecule has 0 aliphatic carbocycles. The van der Waals surface area contributed by atoms with Crippen LogP contribution in [0.4, 0.5) is 11.4 Å². The van der Waals surface area contributed by atoms with E-state index in [1.165, 1.54) is 38.5 Å². The number of hydrogen-bond donors (Lipinski definition) is 1. The van der Waals surface area contributed by atoms with Gasteiger partial charge in [-0.15, -0.1) is 0 Å². The molecule has 0 atom stereocenters. The van der Waals surface area contributed by atoms with E-state index in [9.17, 15) is 4.79 Å². The third-order valence-electron chi connectivity index (χ3n) is 5.52. The zero-order chi connectivity index (χ0) is 19.2. The molecular weight excluding hydrogens is 354 g/mol. The lowest BCUT2D eigenvalue weighted by molar-refractivity contribution is -0.116. The van der Waals surface area contributed by atoms with E-state index in [2.05, 4.69) is 30.2 Å². The van der Waals surface area contributed by atoms with Crippen molar-refractivity contribution in [3.8, 4) is 5.95 Å². The highest BCUT2D eigenvalue weighted by Gasteiger charge is 2.14. The lowest BCUT2D eigenvalue weighted by Gasteiger charge is -2.28. The fourth-order valence-corrected chi connectivity index (χ4v) is 3.91. The zero-order valence-electron chi connectivity index (χ0n) is 16.4. The molecule has 8 heteroatoms. The van der Waals surface area contributed by atoms with Crippen LogP contribution in [0.25, 0.3) is 5.95 Å². The fraction of sp³-hybridized carbons (Fsp3) is 0.600. The van der Waals surface area contributed by atoms with E-state index in [1.807, 2.05) is 12.4 Å². The first-order valence-corrected chi connectivity index (χ1v) is 10.4. The van der Waals surface area contributed by atoms with Gasteiger partial charge in [0.1, 0.15) is 0 Å². The molecule has 1 amide bonds. The van der Waals surface area contributed by atoms with Crippen LogP contribution in [0.5, 0.6) is 0 Å². The van der Waals surface area contributed by atoms with Crippen molar-refractivity contribution in [1.29, 1.82) is 0 Å². The van der Waals surface area contributed by atoms with Crippen molar-refractivity contribution in [3.63, 3.8) is 0 Å². The van der Waals surface area contributed by atoms with Gasteiger partial charge in [-0.2, -0.15) is 5.10 Å². The summed E-state index contributed by atoms with van der Waals surface area (Å²) < 4.78 is 1.60. The highest BCUT2D eigenvalue weighted by molar-refractivity contribution is 5.90. The van der Waals surface area contributed by atoms with Crippen molar-refractivity contribution in [2.75, 3.05) is 42.9 Å². The molecule has 2 aromatic heterocycles. The summed E-state index contributed by atoms with van der Waals surface area (Å²) in [5.41, 5.74) is 1.73. The Morgan fingerprint density at radius 2 is 1.61 bits per heavy atom. The summed E-state index contributed by atoms with van der Waals surface area (Å²) in [5, 5.41) is 7.21. The van der Waals surface area contributed by atoms with Crippen LogP contribution in [0.3, 0.4) is 0 Å². The average molecular weight is 384 g/mol. The van der Waals surface area contributed by atoms with E-state index in [1.54, 1.807) is 17.1 Å². The fourth-order valence-electron chi connectivity index (χ4n) is 3.91. The van der Waals surface area contributed by atoms with E-state index in [4.69, 9.17) is 0 Å². The van der Waals surface area contributed by atoms with Gasteiger partial charge in [-0.25, -0.2) is 14.6 Å². The monoisotopic (exact) mass is 383 g/mol. The Bertz CT molecular complexity index is 761. The minimum absolute atomic E-state index is 0.0199. The molecule has 0 unspecified atom stereocenters.